The van der Waals surface area contributed by atoms with E-state index >= 15 is 4.39 Å². The number of ketones is 3. The average molecular weight is 1710 g/mol. The summed E-state index contributed by atoms with van der Waals surface area (Å²) in [7, 11) is -3.25. The number of Topliss-reactive ketones (excluding diaryl/α,β-unsaturated/α-hetero) is 3. The second kappa shape index (κ2) is 34.2. The van der Waals surface area contributed by atoms with E-state index in [9.17, 15) is 56.4 Å². The van der Waals surface area contributed by atoms with Gasteiger partial charge in [0, 0.05) is 61.2 Å². The summed E-state index contributed by atoms with van der Waals surface area (Å²) in [6, 6.07) is 3.74. The van der Waals surface area contributed by atoms with E-state index in [-0.39, 0.29) is 62.6 Å². The van der Waals surface area contributed by atoms with Crippen molar-refractivity contribution in [3.63, 3.8) is 0 Å². The number of aromatic nitrogens is 8. The first-order valence-corrected chi connectivity index (χ1v) is 50.1. The molecule has 16 fully saturated rings. The van der Waals surface area contributed by atoms with Crippen LogP contribution in [0.3, 0.4) is 0 Å². The van der Waals surface area contributed by atoms with Gasteiger partial charge >= 0.3 is 0 Å². The highest BCUT2D eigenvalue weighted by atomic mass is 32.2. The van der Waals surface area contributed by atoms with Crippen molar-refractivity contribution in [1.82, 2.24) is 39.1 Å². The van der Waals surface area contributed by atoms with Crippen LogP contribution in [-0.2, 0) is 50.4 Å². The Hall–Kier alpha value is -5.41. The molecule has 33 atom stereocenters. The van der Waals surface area contributed by atoms with Crippen molar-refractivity contribution in [2.24, 2.45) is 164 Å². The van der Waals surface area contributed by atoms with Gasteiger partial charge in [0.25, 0.3) is 0 Å². The van der Waals surface area contributed by atoms with E-state index in [0.29, 0.717) is 189 Å². The molecular weight excluding hydrogens is 1570 g/mol. The van der Waals surface area contributed by atoms with Crippen LogP contribution >= 0.6 is 0 Å². The van der Waals surface area contributed by atoms with Crippen LogP contribution in [0.1, 0.15) is 259 Å². The maximum Gasteiger partial charge on any atom is 0.224 e. The normalized spacial score (nSPS) is 45.6. The summed E-state index contributed by atoms with van der Waals surface area (Å²) in [5.41, 5.74) is -1.81. The molecule has 16 aliphatic rings. The third kappa shape index (κ3) is 16.6. The summed E-state index contributed by atoms with van der Waals surface area (Å²) in [5.74, 6) is 13.2. The lowest BCUT2D eigenvalue weighted by Crippen LogP contribution is -2.54. The van der Waals surface area contributed by atoms with E-state index in [4.69, 9.17) is 6.57 Å². The van der Waals surface area contributed by atoms with Crippen molar-refractivity contribution in [3.05, 3.63) is 85.3 Å². The molecule has 122 heavy (non-hydrogen) atoms. The molecule has 0 aliphatic heterocycles. The van der Waals surface area contributed by atoms with Gasteiger partial charge in [-0.2, -0.15) is 20.4 Å². The molecule has 4 aromatic heterocycles. The minimum atomic E-state index is -3.25. The fourth-order valence-electron chi connectivity index (χ4n) is 33.5. The largest absolute Gasteiger partial charge is 0.390 e. The lowest BCUT2D eigenvalue weighted by molar-refractivity contribution is -0.139. The molecule has 18 nitrogen and oxygen atoms in total. The SMILES string of the molecule is C=C(Cn1cc(S(C)(=O)=O)cn1)[C@H]1CC[C@H]2[C@@H]3CC[C@@H]4C[C@@](O)(CF)CC[C@@H]4[C@H]3CC[C@]12C.C[C@@]1(O)CC[C@@H]2[C@H]3CC[C@]4(C)[C@@H](C(=O)Cn5cccn5)CC[C@H]4[C@@H]3C[C@@H](F)[C@@H]2C1.C[C@]12CC[C@H]3[C@@H](CC[C@@H]4C[C@@](O)(CF)CC[C@@H]43)[C@@H]1CC[C@@H]2C(=O)Cn1cccn1.[C-]#[N+]c1cnn(CC(=O)[C@H]2CC[C@H]3[C@@H]4CC[C@@H]5C[C@@](O)(CF)CC[C@@H]5[C@H]4CC[C@]23C)c1. The summed E-state index contributed by atoms with van der Waals surface area (Å²) in [6.07, 6.45) is 48.5. The van der Waals surface area contributed by atoms with E-state index in [1.54, 1.807) is 43.5 Å². The van der Waals surface area contributed by atoms with E-state index in [2.05, 4.69) is 59.5 Å². The number of nitrogens with zero attached hydrogens (tertiary/aromatic N) is 9. The third-order valence-corrected chi connectivity index (χ3v) is 40.3. The van der Waals surface area contributed by atoms with Crippen molar-refractivity contribution in [2.75, 3.05) is 26.3 Å². The van der Waals surface area contributed by atoms with Crippen molar-refractivity contribution < 1.29 is 60.8 Å². The van der Waals surface area contributed by atoms with E-state index in [1.165, 1.54) is 82.0 Å². The molecular formula is C99H143F4N9O9S. The van der Waals surface area contributed by atoms with Crippen molar-refractivity contribution in [1.29, 1.82) is 0 Å². The standard InChI is InChI=1S/C26H39FN2O3S.C25H34FN3O2.2C24H35FN2O2/c1-17(14-29-15-19(13-28-29)33(3,31)32)23-6-7-24-22-5-4-18-12-26(30,16-27)11-9-20(18)21(22)8-10-25(23,24)2;1-24-9-7-19-18-8-10-25(31,15-26)11-16(18)3-4-20(19)21(24)5-6-22(24)23(30)14-29-13-17(27-2)12-28-29;1-23(29)8-6-16-15-7-9-24(2)19(17(15)12-21(25)18(16)13-23)4-5-20(24)22(28)14-27-11-3-10-26-27;1-23-9-7-18-17-8-10-24(29,15-25)13-16(17)3-4-19(18)20(23)5-6-21(23)22(28)14-27-12-2-11-26-27/h13,15,18,20-24,30H,1,4-12,14,16H2,2-3H3;12-13,16,18-22,31H,3-11,14-15H2,1H3;3,10-11,15-21,29H,4-9,12-14H2,1-2H3;2,11-12,16-21,29H,3-10,13-15H2,1H3/t18-,20+,21-,22-,23-,24+,25-,26-;16-,18+,19-,20-,21+,22-,24+,25-;15-,16-,17-,18-,19+,20-,21-,23-,24+;16-,17+,18-,19-,20+,21-,23+,24-/m1111/s1. The second-order valence-corrected chi connectivity index (χ2v) is 47.2. The van der Waals surface area contributed by atoms with Crippen LogP contribution in [0, 0.1) is 170 Å². The molecule has 23 heteroatoms. The van der Waals surface area contributed by atoms with Crippen LogP contribution < -0.4 is 0 Å². The summed E-state index contributed by atoms with van der Waals surface area (Å²) in [6.45, 7) is 22.8. The lowest BCUT2D eigenvalue weighted by Gasteiger charge is -2.57. The molecule has 0 radical (unpaired) electrons. The Morgan fingerprint density at radius 1 is 0.434 bits per heavy atom. The molecule has 4 heterocycles. The van der Waals surface area contributed by atoms with Gasteiger partial charge in [-0.05, 0) is 390 Å². The fourth-order valence-corrected chi connectivity index (χ4v) is 34.1. The van der Waals surface area contributed by atoms with Gasteiger partial charge < -0.3 is 20.4 Å². The molecule has 20 rings (SSSR count). The van der Waals surface area contributed by atoms with Crippen LogP contribution in [0.15, 0.2) is 78.8 Å². The number of allylic oxidation sites excluding steroid dienone is 1. The summed E-state index contributed by atoms with van der Waals surface area (Å²) >= 11 is 0. The third-order valence-electron chi connectivity index (χ3n) is 39.2. The number of carbonyl (C=O) groups is 3. The van der Waals surface area contributed by atoms with Crippen molar-refractivity contribution in [3.8, 4) is 0 Å². The highest BCUT2D eigenvalue weighted by Gasteiger charge is 2.65. The Labute approximate surface area is 723 Å². The first-order chi connectivity index (χ1) is 58.1. The Morgan fingerprint density at radius 3 is 1.18 bits per heavy atom. The Bertz CT molecular complexity index is 4550. The van der Waals surface area contributed by atoms with Gasteiger partial charge in [0.15, 0.2) is 27.2 Å². The van der Waals surface area contributed by atoms with Crippen LogP contribution in [-0.4, -0.2) is 140 Å². The van der Waals surface area contributed by atoms with E-state index in [1.807, 2.05) is 31.5 Å². The van der Waals surface area contributed by atoms with E-state index in [0.717, 1.165) is 133 Å². The minimum absolute atomic E-state index is 0.0120. The maximum atomic E-state index is 15.3. The average Bonchev–Trinajstić information content (AvgIpc) is 1.53. The van der Waals surface area contributed by atoms with Crippen molar-refractivity contribution in [2.45, 2.75) is 319 Å². The highest BCUT2D eigenvalue weighted by molar-refractivity contribution is 7.90. The molecule has 0 bridgehead atoms. The number of hydrogen-bond acceptors (Lipinski definition) is 13. The van der Waals surface area contributed by atoms with Crippen LogP contribution in [0.4, 0.5) is 23.2 Å². The zero-order chi connectivity index (χ0) is 86.0. The molecule has 0 aromatic carbocycles. The molecule has 672 valence electrons. The number of rotatable bonds is 16. The van der Waals surface area contributed by atoms with Crippen molar-refractivity contribution >= 4 is 32.9 Å². The van der Waals surface area contributed by atoms with Gasteiger partial charge in [-0.15, -0.1) is 0 Å². The topological polar surface area (TPSA) is 242 Å². The van der Waals surface area contributed by atoms with Gasteiger partial charge in [0.2, 0.25) is 5.69 Å². The predicted octanol–water partition coefficient (Wildman–Crippen LogP) is 18.6. The number of carbonyl (C=O) groups excluding carboxylic acids is 3. The number of fused-ring (bicyclic) bond motifs is 20. The van der Waals surface area contributed by atoms with Gasteiger partial charge in [-0.25, -0.2) is 30.8 Å². The number of halogens is 4. The molecule has 4 N–H and O–H groups in total. The lowest BCUT2D eigenvalue weighted by atomic mass is 9.48. The quantitative estimate of drug-likeness (QED) is 0.0464. The molecule has 0 unspecified atom stereocenters. The van der Waals surface area contributed by atoms with Gasteiger partial charge in [0.1, 0.15) is 31.1 Å². The molecule has 0 spiro atoms. The molecule has 4 aromatic rings. The highest BCUT2D eigenvalue weighted by Crippen LogP contribution is 2.71. The first-order valence-electron chi connectivity index (χ1n) is 48.2. The molecule has 0 amide bonds. The maximum absolute atomic E-state index is 15.3. The smallest absolute Gasteiger partial charge is 0.224 e. The Balaban J connectivity index is 0.000000116. The van der Waals surface area contributed by atoms with E-state index < -0.39 is 58.4 Å². The monoisotopic (exact) mass is 1710 g/mol. The zero-order valence-corrected chi connectivity index (χ0v) is 74.7. The summed E-state index contributed by atoms with van der Waals surface area (Å²) in [5, 5.41) is 59.0. The predicted molar refractivity (Wildman–Crippen MR) is 459 cm³/mol. The summed E-state index contributed by atoms with van der Waals surface area (Å²) < 4.78 is 85.9. The van der Waals surface area contributed by atoms with Gasteiger partial charge in [-0.1, -0.05) is 39.8 Å². The van der Waals surface area contributed by atoms with Crippen LogP contribution in [0.25, 0.3) is 4.85 Å². The number of alkyl halides is 4. The Morgan fingerprint density at radius 2 is 0.795 bits per heavy atom. The fraction of sp³-hybridized carbons (Fsp3) is 0.818. The molecule has 16 saturated carbocycles. The van der Waals surface area contributed by atoms with Crippen LogP contribution in [0.2, 0.25) is 0 Å². The summed E-state index contributed by atoms with van der Waals surface area (Å²) in [4.78, 5) is 43.2. The second-order valence-electron chi connectivity index (χ2n) is 45.2. The van der Waals surface area contributed by atoms with Crippen LogP contribution in [0.5, 0.6) is 0 Å². The van der Waals surface area contributed by atoms with Gasteiger partial charge in [0.05, 0.1) is 67.5 Å². The number of sulfone groups is 1. The number of aliphatic hydroxyl groups is 4. The minimum Gasteiger partial charge on any atom is -0.390 e. The number of hydrogen-bond donors (Lipinski definition) is 4. The zero-order valence-electron chi connectivity index (χ0n) is 73.9. The molecule has 16 aliphatic carbocycles. The molecule has 0 saturated heterocycles. The Kier molecular flexibility index (Phi) is 24.9. The van der Waals surface area contributed by atoms with Gasteiger partial charge in [-0.3, -0.25) is 33.1 Å². The first kappa shape index (κ1) is 88.6.